The van der Waals surface area contributed by atoms with Gasteiger partial charge < -0.3 is 5.32 Å². The fraction of sp³-hybridized carbons (Fsp3) is 0.778. The Bertz CT molecular complexity index is 419. The van der Waals surface area contributed by atoms with E-state index in [0.29, 0.717) is 5.41 Å². The van der Waals surface area contributed by atoms with Crippen LogP contribution in [0.15, 0.2) is 12.1 Å². The minimum atomic E-state index is 0.511. The Morgan fingerprint density at radius 1 is 1.35 bits per heavy atom. The van der Waals surface area contributed by atoms with E-state index in [9.17, 15) is 0 Å². The van der Waals surface area contributed by atoms with Crippen LogP contribution >= 0.6 is 11.3 Å². The summed E-state index contributed by atoms with van der Waals surface area (Å²) in [4.78, 5) is 3.07. The third-order valence-electron chi connectivity index (χ3n) is 4.62. The standard InChI is InChI=1S/C18H31NS/c1-13(2)11-19-12-15-8-9-18(4,5)10-16(15)17-7-6-14(3)20-17/h6-7,13,15-16,19H,8-12H2,1-5H3. The molecule has 1 N–H and O–H groups in total. The molecule has 20 heavy (non-hydrogen) atoms. The van der Waals surface area contributed by atoms with Gasteiger partial charge in [-0.2, -0.15) is 0 Å². The number of hydrogen-bond donors (Lipinski definition) is 1. The maximum atomic E-state index is 3.69. The van der Waals surface area contributed by atoms with Crippen molar-refractivity contribution >= 4 is 11.3 Å². The van der Waals surface area contributed by atoms with E-state index in [1.165, 1.54) is 30.7 Å². The van der Waals surface area contributed by atoms with Gasteiger partial charge in [0, 0.05) is 9.75 Å². The average molecular weight is 294 g/mol. The minimum absolute atomic E-state index is 0.511. The highest BCUT2D eigenvalue weighted by Crippen LogP contribution is 2.47. The van der Waals surface area contributed by atoms with Gasteiger partial charge in [0.15, 0.2) is 0 Å². The molecular weight excluding hydrogens is 262 g/mol. The number of nitrogens with one attached hydrogen (secondary N) is 1. The summed E-state index contributed by atoms with van der Waals surface area (Å²) in [5.74, 6) is 2.33. The van der Waals surface area contributed by atoms with Crippen LogP contribution in [0.2, 0.25) is 0 Å². The van der Waals surface area contributed by atoms with Crippen molar-refractivity contribution in [2.75, 3.05) is 13.1 Å². The molecule has 1 aliphatic rings. The molecule has 0 amide bonds. The van der Waals surface area contributed by atoms with Crippen molar-refractivity contribution in [2.24, 2.45) is 17.3 Å². The Kier molecular flexibility index (Phi) is 5.30. The molecule has 2 rings (SSSR count). The van der Waals surface area contributed by atoms with E-state index < -0.39 is 0 Å². The van der Waals surface area contributed by atoms with Crippen molar-refractivity contribution < 1.29 is 0 Å². The number of thiophene rings is 1. The van der Waals surface area contributed by atoms with Crippen molar-refractivity contribution in [2.45, 2.75) is 59.8 Å². The van der Waals surface area contributed by atoms with Gasteiger partial charge >= 0.3 is 0 Å². The summed E-state index contributed by atoms with van der Waals surface area (Å²) < 4.78 is 0. The summed E-state index contributed by atoms with van der Waals surface area (Å²) in [7, 11) is 0. The molecule has 2 atom stereocenters. The molecule has 0 aliphatic heterocycles. The molecule has 1 aromatic heterocycles. The Morgan fingerprint density at radius 3 is 2.70 bits per heavy atom. The molecule has 1 nitrogen and oxygen atoms in total. The van der Waals surface area contributed by atoms with Gasteiger partial charge in [0.05, 0.1) is 0 Å². The maximum absolute atomic E-state index is 3.69. The first-order valence-corrected chi connectivity index (χ1v) is 8.96. The van der Waals surface area contributed by atoms with Gasteiger partial charge in [-0.25, -0.2) is 0 Å². The maximum Gasteiger partial charge on any atom is 0.00824 e. The van der Waals surface area contributed by atoms with E-state index in [1.54, 1.807) is 4.88 Å². The zero-order chi connectivity index (χ0) is 14.8. The van der Waals surface area contributed by atoms with Gasteiger partial charge in [-0.05, 0) is 74.6 Å². The van der Waals surface area contributed by atoms with E-state index in [4.69, 9.17) is 0 Å². The summed E-state index contributed by atoms with van der Waals surface area (Å²) in [5, 5.41) is 3.69. The van der Waals surface area contributed by atoms with Gasteiger partial charge in [0.25, 0.3) is 0 Å². The van der Waals surface area contributed by atoms with Crippen molar-refractivity contribution in [1.29, 1.82) is 0 Å². The molecule has 0 saturated heterocycles. The first-order valence-electron chi connectivity index (χ1n) is 8.14. The van der Waals surface area contributed by atoms with E-state index in [0.717, 1.165) is 24.3 Å². The van der Waals surface area contributed by atoms with Gasteiger partial charge in [-0.3, -0.25) is 0 Å². The molecule has 1 fully saturated rings. The van der Waals surface area contributed by atoms with Crippen LogP contribution in [0, 0.1) is 24.2 Å². The summed E-state index contributed by atoms with van der Waals surface area (Å²) >= 11 is 2.01. The second-order valence-electron chi connectivity index (χ2n) is 7.77. The molecule has 1 saturated carbocycles. The number of hydrogen-bond acceptors (Lipinski definition) is 2. The molecule has 2 unspecified atom stereocenters. The van der Waals surface area contributed by atoms with Crippen molar-refractivity contribution in [1.82, 2.24) is 5.32 Å². The molecule has 0 radical (unpaired) electrons. The highest BCUT2D eigenvalue weighted by atomic mass is 32.1. The normalized spacial score (nSPS) is 26.1. The average Bonchev–Trinajstić information content (AvgIpc) is 2.77. The van der Waals surface area contributed by atoms with Crippen LogP contribution in [0.3, 0.4) is 0 Å². The summed E-state index contributed by atoms with van der Waals surface area (Å²) in [6.45, 7) is 14.0. The molecule has 1 aromatic rings. The molecule has 0 bridgehead atoms. The first kappa shape index (κ1) is 16.0. The second kappa shape index (κ2) is 6.62. The van der Waals surface area contributed by atoms with Crippen LogP contribution in [-0.2, 0) is 0 Å². The van der Waals surface area contributed by atoms with Crippen LogP contribution in [-0.4, -0.2) is 13.1 Å². The van der Waals surface area contributed by atoms with Crippen LogP contribution in [0.5, 0.6) is 0 Å². The summed E-state index contributed by atoms with van der Waals surface area (Å²) in [6, 6.07) is 4.67. The molecule has 2 heteroatoms. The Hall–Kier alpha value is -0.340. The molecule has 1 heterocycles. The van der Waals surface area contributed by atoms with E-state index in [-0.39, 0.29) is 0 Å². The molecule has 0 spiro atoms. The second-order valence-corrected chi connectivity index (χ2v) is 9.09. The Balaban J connectivity index is 2.04. The minimum Gasteiger partial charge on any atom is -0.316 e. The molecule has 1 aliphatic carbocycles. The van der Waals surface area contributed by atoms with Crippen molar-refractivity contribution in [3.05, 3.63) is 21.9 Å². The van der Waals surface area contributed by atoms with E-state index >= 15 is 0 Å². The van der Waals surface area contributed by atoms with Crippen molar-refractivity contribution in [3.63, 3.8) is 0 Å². The lowest BCUT2D eigenvalue weighted by Gasteiger charge is -2.40. The molecular formula is C18H31NS. The molecule has 0 aromatic carbocycles. The lowest BCUT2D eigenvalue weighted by Crippen LogP contribution is -2.35. The Morgan fingerprint density at radius 2 is 2.10 bits per heavy atom. The van der Waals surface area contributed by atoms with Crippen LogP contribution < -0.4 is 5.32 Å². The van der Waals surface area contributed by atoms with Crippen molar-refractivity contribution in [3.8, 4) is 0 Å². The van der Waals surface area contributed by atoms with E-state index in [1.807, 2.05) is 11.3 Å². The van der Waals surface area contributed by atoms with E-state index in [2.05, 4.69) is 52.1 Å². The van der Waals surface area contributed by atoms with Gasteiger partial charge in [-0.1, -0.05) is 27.7 Å². The third-order valence-corrected chi connectivity index (χ3v) is 5.75. The summed E-state index contributed by atoms with van der Waals surface area (Å²) in [6.07, 6.45) is 4.10. The molecule has 114 valence electrons. The van der Waals surface area contributed by atoms with Gasteiger partial charge in [0.1, 0.15) is 0 Å². The third kappa shape index (κ3) is 4.33. The van der Waals surface area contributed by atoms with Crippen LogP contribution in [0.25, 0.3) is 0 Å². The van der Waals surface area contributed by atoms with Crippen LogP contribution in [0.4, 0.5) is 0 Å². The largest absolute Gasteiger partial charge is 0.316 e. The SMILES string of the molecule is Cc1ccc(C2CC(C)(C)CCC2CNCC(C)C)s1. The topological polar surface area (TPSA) is 12.0 Å². The summed E-state index contributed by atoms with van der Waals surface area (Å²) in [5.41, 5.74) is 0.511. The fourth-order valence-electron chi connectivity index (χ4n) is 3.43. The first-order chi connectivity index (χ1) is 9.37. The highest BCUT2D eigenvalue weighted by molar-refractivity contribution is 7.12. The van der Waals surface area contributed by atoms with Gasteiger partial charge in [-0.15, -0.1) is 11.3 Å². The predicted molar refractivity (Wildman–Crippen MR) is 90.6 cm³/mol. The lowest BCUT2D eigenvalue weighted by atomic mass is 9.66. The quantitative estimate of drug-likeness (QED) is 0.785. The zero-order valence-corrected chi connectivity index (χ0v) is 14.6. The fourth-order valence-corrected chi connectivity index (χ4v) is 4.50. The number of rotatable bonds is 5. The van der Waals surface area contributed by atoms with Crippen LogP contribution in [0.1, 0.15) is 62.6 Å². The smallest absolute Gasteiger partial charge is 0.00824 e. The number of aryl methyl sites for hydroxylation is 1. The predicted octanol–water partition coefficient (Wildman–Crippen LogP) is 5.21. The zero-order valence-electron chi connectivity index (χ0n) is 13.8. The Labute approximate surface area is 129 Å². The highest BCUT2D eigenvalue weighted by Gasteiger charge is 2.36. The van der Waals surface area contributed by atoms with Gasteiger partial charge in [0.2, 0.25) is 0 Å². The monoisotopic (exact) mass is 293 g/mol. The lowest BCUT2D eigenvalue weighted by molar-refractivity contribution is 0.161.